The van der Waals surface area contributed by atoms with E-state index < -0.39 is 27.3 Å². The summed E-state index contributed by atoms with van der Waals surface area (Å²) in [6, 6.07) is 7.15. The first-order valence-corrected chi connectivity index (χ1v) is 12.1. The van der Waals surface area contributed by atoms with Crippen molar-refractivity contribution in [1.29, 1.82) is 0 Å². The fourth-order valence-corrected chi connectivity index (χ4v) is 3.84. The highest BCUT2D eigenvalue weighted by molar-refractivity contribution is 7.92. The summed E-state index contributed by atoms with van der Waals surface area (Å²) >= 11 is 6.04. The molecule has 0 radical (unpaired) electrons. The number of pyridine rings is 1. The number of benzene rings is 1. The molecule has 0 bridgehead atoms. The molecule has 0 saturated carbocycles. The number of anilines is 2. The number of rotatable bonds is 6. The van der Waals surface area contributed by atoms with Crippen molar-refractivity contribution in [3.63, 3.8) is 0 Å². The van der Waals surface area contributed by atoms with Crippen LogP contribution in [0.25, 0.3) is 5.82 Å². The molecule has 2 heterocycles. The topological polar surface area (TPSA) is 102 Å². The number of carbonyl (C=O) groups excluding carboxylic acids is 1. The quantitative estimate of drug-likeness (QED) is 0.513. The molecule has 33 heavy (non-hydrogen) atoms. The van der Waals surface area contributed by atoms with Gasteiger partial charge in [0.25, 0.3) is 5.91 Å². The molecule has 0 unspecified atom stereocenters. The van der Waals surface area contributed by atoms with Crippen LogP contribution in [0.1, 0.15) is 36.8 Å². The van der Waals surface area contributed by atoms with Crippen molar-refractivity contribution in [2.45, 2.75) is 33.3 Å². The predicted molar refractivity (Wildman–Crippen MR) is 127 cm³/mol. The number of halogens is 2. The van der Waals surface area contributed by atoms with Gasteiger partial charge >= 0.3 is 0 Å². The monoisotopic (exact) mass is 494 g/mol. The van der Waals surface area contributed by atoms with E-state index in [0.29, 0.717) is 11.4 Å². The molecule has 0 fully saturated rings. The van der Waals surface area contributed by atoms with Crippen molar-refractivity contribution in [3.8, 4) is 11.6 Å². The van der Waals surface area contributed by atoms with E-state index in [1.165, 1.54) is 41.2 Å². The third-order valence-electron chi connectivity index (χ3n) is 4.18. The summed E-state index contributed by atoms with van der Waals surface area (Å²) in [5, 5.41) is 2.89. The number of aryl methyl sites for hydroxylation is 1. The Labute approximate surface area is 196 Å². The molecule has 0 aliphatic rings. The minimum atomic E-state index is -3.52. The number of aromatic nitrogens is 2. The molecule has 8 nitrogen and oxygen atoms in total. The largest absolute Gasteiger partial charge is 0.486 e. The number of sulfonamides is 1. The van der Waals surface area contributed by atoms with E-state index in [0.717, 1.165) is 6.26 Å². The molecule has 1 aromatic carbocycles. The number of hydrogen-bond acceptors (Lipinski definition) is 5. The third kappa shape index (κ3) is 6.69. The lowest BCUT2D eigenvalue weighted by Crippen LogP contribution is -2.23. The minimum Gasteiger partial charge on any atom is -0.486 e. The van der Waals surface area contributed by atoms with Gasteiger partial charge in [-0.2, -0.15) is 0 Å². The van der Waals surface area contributed by atoms with Crippen LogP contribution in [0.3, 0.4) is 0 Å². The molecule has 1 amide bonds. The molecule has 176 valence electrons. The normalized spacial score (nSPS) is 11.8. The van der Waals surface area contributed by atoms with Crippen molar-refractivity contribution in [2.75, 3.05) is 16.3 Å². The molecule has 3 aromatic rings. The Morgan fingerprint density at radius 3 is 2.42 bits per heavy atom. The van der Waals surface area contributed by atoms with E-state index in [4.69, 9.17) is 16.3 Å². The van der Waals surface area contributed by atoms with Gasteiger partial charge in [0.05, 0.1) is 23.7 Å². The molecule has 0 atom stereocenters. The van der Waals surface area contributed by atoms with Gasteiger partial charge in [0.1, 0.15) is 11.4 Å². The molecule has 2 aromatic heterocycles. The molecular formula is C22H24ClFN4O4S. The Morgan fingerprint density at radius 1 is 1.15 bits per heavy atom. The van der Waals surface area contributed by atoms with Crippen LogP contribution in [-0.4, -0.2) is 35.7 Å². The van der Waals surface area contributed by atoms with Crippen molar-refractivity contribution >= 4 is 38.9 Å². The Bertz CT molecular complexity index is 1320. The maximum atomic E-state index is 14.7. The number of nitrogens with zero attached hydrogens (tertiary/aromatic N) is 2. The summed E-state index contributed by atoms with van der Waals surface area (Å²) in [4.78, 5) is 16.9. The molecular weight excluding hydrogens is 471 g/mol. The maximum Gasteiger partial charge on any atom is 0.257 e. The smallest absolute Gasteiger partial charge is 0.257 e. The van der Waals surface area contributed by atoms with E-state index in [1.807, 2.05) is 20.8 Å². The van der Waals surface area contributed by atoms with E-state index in [1.54, 1.807) is 13.0 Å². The second kappa shape index (κ2) is 9.03. The standard InChI is InChI=1S/C22H24ClFN4O4S/c1-13-6-14(12-28(13)20-19(24)10-18(11-25-20)32-22(2,3)4)21(29)26-16-7-15(23)8-17(9-16)27-33(5,30)31/h6-12,27H,1-5H3,(H,26,29). The fraction of sp³-hybridized carbons (Fsp3) is 0.273. The van der Waals surface area contributed by atoms with E-state index in [2.05, 4.69) is 15.0 Å². The Balaban J connectivity index is 1.84. The second-order valence-electron chi connectivity index (χ2n) is 8.49. The van der Waals surface area contributed by atoms with E-state index >= 15 is 0 Å². The molecule has 11 heteroatoms. The maximum absolute atomic E-state index is 14.7. The first-order valence-electron chi connectivity index (χ1n) is 9.84. The zero-order valence-corrected chi connectivity index (χ0v) is 20.3. The lowest BCUT2D eigenvalue weighted by molar-refractivity contribution is 0.102. The van der Waals surface area contributed by atoms with Gasteiger partial charge < -0.3 is 14.6 Å². The molecule has 0 spiro atoms. The Hall–Kier alpha value is -3.11. The summed E-state index contributed by atoms with van der Waals surface area (Å²) < 4.78 is 47.1. The first kappa shape index (κ1) is 24.5. The molecule has 0 aliphatic heterocycles. The summed E-state index contributed by atoms with van der Waals surface area (Å²) in [6.45, 7) is 7.25. The van der Waals surface area contributed by atoms with Crippen LogP contribution >= 0.6 is 11.6 Å². The van der Waals surface area contributed by atoms with Gasteiger partial charge in [0.15, 0.2) is 11.6 Å². The molecule has 2 N–H and O–H groups in total. The van der Waals surface area contributed by atoms with Crippen molar-refractivity contribution in [3.05, 3.63) is 64.8 Å². The average Bonchev–Trinajstić information content (AvgIpc) is 3.00. The van der Waals surface area contributed by atoms with Crippen LogP contribution in [0, 0.1) is 12.7 Å². The van der Waals surface area contributed by atoms with Gasteiger partial charge in [0.2, 0.25) is 10.0 Å². The summed E-state index contributed by atoms with van der Waals surface area (Å²) in [5.41, 5.74) is 0.833. The zero-order valence-electron chi connectivity index (χ0n) is 18.7. The van der Waals surface area contributed by atoms with E-state index in [-0.39, 0.29) is 27.8 Å². The van der Waals surface area contributed by atoms with Crippen LogP contribution in [0.15, 0.2) is 42.7 Å². The van der Waals surface area contributed by atoms with Gasteiger partial charge in [0, 0.05) is 28.7 Å². The number of nitrogens with one attached hydrogen (secondary N) is 2. The van der Waals surface area contributed by atoms with Gasteiger partial charge in [-0.05, 0) is 52.0 Å². The molecule has 0 aliphatic carbocycles. The van der Waals surface area contributed by atoms with E-state index in [9.17, 15) is 17.6 Å². The van der Waals surface area contributed by atoms with Crippen LogP contribution in [0.2, 0.25) is 5.02 Å². The van der Waals surface area contributed by atoms with Crippen LogP contribution < -0.4 is 14.8 Å². The fourth-order valence-electron chi connectivity index (χ4n) is 3.06. The predicted octanol–water partition coefficient (Wildman–Crippen LogP) is 4.77. The van der Waals surface area contributed by atoms with Crippen molar-refractivity contribution in [2.24, 2.45) is 0 Å². The van der Waals surface area contributed by atoms with Gasteiger partial charge in [-0.15, -0.1) is 0 Å². The van der Waals surface area contributed by atoms with Gasteiger partial charge in [-0.3, -0.25) is 9.52 Å². The second-order valence-corrected chi connectivity index (χ2v) is 10.7. The number of carbonyl (C=O) groups is 1. The van der Waals surface area contributed by atoms with Crippen molar-refractivity contribution in [1.82, 2.24) is 9.55 Å². The SMILES string of the molecule is Cc1cc(C(=O)Nc2cc(Cl)cc(NS(C)(=O)=O)c2)cn1-c1ncc(OC(C)(C)C)cc1F. The zero-order chi connectivity index (χ0) is 24.6. The Morgan fingerprint density at radius 2 is 1.82 bits per heavy atom. The lowest BCUT2D eigenvalue weighted by atomic mass is 10.2. The van der Waals surface area contributed by atoms with Gasteiger partial charge in [-0.1, -0.05) is 11.6 Å². The highest BCUT2D eigenvalue weighted by Crippen LogP contribution is 2.25. The summed E-state index contributed by atoms with van der Waals surface area (Å²) in [5.74, 6) is -0.771. The highest BCUT2D eigenvalue weighted by Gasteiger charge is 2.18. The average molecular weight is 495 g/mol. The number of amides is 1. The van der Waals surface area contributed by atoms with Crippen molar-refractivity contribution < 1.29 is 22.3 Å². The van der Waals surface area contributed by atoms with Crippen LogP contribution in [0.5, 0.6) is 5.75 Å². The van der Waals surface area contributed by atoms with Crippen LogP contribution in [-0.2, 0) is 10.0 Å². The number of hydrogen-bond donors (Lipinski definition) is 2. The Kier molecular flexibility index (Phi) is 6.71. The summed E-state index contributed by atoms with van der Waals surface area (Å²) in [6.07, 6.45) is 3.89. The molecule has 3 rings (SSSR count). The van der Waals surface area contributed by atoms with Crippen LogP contribution in [0.4, 0.5) is 15.8 Å². The lowest BCUT2D eigenvalue weighted by Gasteiger charge is -2.21. The third-order valence-corrected chi connectivity index (χ3v) is 5.01. The minimum absolute atomic E-state index is 0.0233. The summed E-state index contributed by atoms with van der Waals surface area (Å²) in [7, 11) is -3.52. The first-order chi connectivity index (χ1) is 15.2. The van der Waals surface area contributed by atoms with Gasteiger partial charge in [-0.25, -0.2) is 17.8 Å². The highest BCUT2D eigenvalue weighted by atomic mass is 35.5. The number of ether oxygens (including phenoxy) is 1. The molecule has 0 saturated heterocycles.